The monoisotopic (exact) mass is 172 g/mol. The summed E-state index contributed by atoms with van der Waals surface area (Å²) in [6.07, 6.45) is 4.31. The van der Waals surface area contributed by atoms with Crippen LogP contribution in [0.3, 0.4) is 0 Å². The van der Waals surface area contributed by atoms with Gasteiger partial charge in [-0.3, -0.25) is 4.79 Å². The topological polar surface area (TPSA) is 17.1 Å². The molecule has 0 amide bonds. The van der Waals surface area contributed by atoms with Crippen molar-refractivity contribution in [2.45, 2.75) is 19.8 Å². The highest BCUT2D eigenvalue weighted by Gasteiger charge is 2.10. The highest BCUT2D eigenvalue weighted by Crippen LogP contribution is 2.26. The van der Waals surface area contributed by atoms with Crippen LogP contribution in [0.2, 0.25) is 0 Å². The van der Waals surface area contributed by atoms with E-state index in [4.69, 9.17) is 0 Å². The van der Waals surface area contributed by atoms with Gasteiger partial charge in [-0.05, 0) is 30.9 Å². The molecule has 2 rings (SSSR count). The summed E-state index contributed by atoms with van der Waals surface area (Å²) in [5.41, 5.74) is 3.10. The van der Waals surface area contributed by atoms with E-state index in [0.29, 0.717) is 0 Å². The fourth-order valence-electron chi connectivity index (χ4n) is 1.50. The molecule has 1 aromatic carbocycles. The molecule has 0 saturated heterocycles. The SMILES string of the molecule is Cc1ccccc(C2=CCC2)c1=O. The van der Waals surface area contributed by atoms with Crippen molar-refractivity contribution in [2.75, 3.05) is 0 Å². The molecule has 0 unspecified atom stereocenters. The third kappa shape index (κ3) is 1.42. The second-order valence-electron chi connectivity index (χ2n) is 3.41. The maximum atomic E-state index is 11.8. The van der Waals surface area contributed by atoms with Gasteiger partial charge in [0, 0.05) is 5.56 Å². The first-order chi connectivity index (χ1) is 6.29. The van der Waals surface area contributed by atoms with Crippen molar-refractivity contribution in [1.29, 1.82) is 0 Å². The zero-order valence-corrected chi connectivity index (χ0v) is 7.71. The van der Waals surface area contributed by atoms with Gasteiger partial charge in [0.2, 0.25) is 0 Å². The second kappa shape index (κ2) is 3.17. The van der Waals surface area contributed by atoms with E-state index in [1.54, 1.807) is 0 Å². The van der Waals surface area contributed by atoms with E-state index in [0.717, 1.165) is 24.0 Å². The van der Waals surface area contributed by atoms with Crippen molar-refractivity contribution in [2.24, 2.45) is 0 Å². The van der Waals surface area contributed by atoms with Crippen molar-refractivity contribution in [3.8, 4) is 0 Å². The van der Waals surface area contributed by atoms with Gasteiger partial charge in [-0.2, -0.15) is 0 Å². The Morgan fingerprint density at radius 2 is 1.92 bits per heavy atom. The lowest BCUT2D eigenvalue weighted by Crippen LogP contribution is -2.10. The second-order valence-corrected chi connectivity index (χ2v) is 3.41. The van der Waals surface area contributed by atoms with Gasteiger partial charge in [0.1, 0.15) is 0 Å². The van der Waals surface area contributed by atoms with Crippen LogP contribution in [0.5, 0.6) is 0 Å². The van der Waals surface area contributed by atoms with Crippen LogP contribution in [0.15, 0.2) is 35.1 Å². The lowest BCUT2D eigenvalue weighted by molar-refractivity contribution is 0.985. The van der Waals surface area contributed by atoms with E-state index in [9.17, 15) is 4.79 Å². The number of hydrogen-bond acceptors (Lipinski definition) is 1. The summed E-state index contributed by atoms with van der Waals surface area (Å²) in [7, 11) is 0. The smallest absolute Gasteiger partial charge is 0.188 e. The van der Waals surface area contributed by atoms with E-state index >= 15 is 0 Å². The summed E-state index contributed by atoms with van der Waals surface area (Å²) < 4.78 is 0. The van der Waals surface area contributed by atoms with Crippen LogP contribution >= 0.6 is 0 Å². The lowest BCUT2D eigenvalue weighted by Gasteiger charge is -2.12. The largest absolute Gasteiger partial charge is 0.289 e. The molecule has 13 heavy (non-hydrogen) atoms. The van der Waals surface area contributed by atoms with E-state index < -0.39 is 0 Å². The highest BCUT2D eigenvalue weighted by atomic mass is 16.1. The van der Waals surface area contributed by atoms with Gasteiger partial charge in [0.25, 0.3) is 0 Å². The van der Waals surface area contributed by atoms with E-state index in [1.165, 1.54) is 5.57 Å². The Bertz CT molecular complexity index is 416. The summed E-state index contributed by atoms with van der Waals surface area (Å²) in [6, 6.07) is 7.63. The summed E-state index contributed by atoms with van der Waals surface area (Å²) >= 11 is 0. The number of aryl methyl sites for hydroxylation is 1. The number of hydrogen-bond donors (Lipinski definition) is 0. The van der Waals surface area contributed by atoms with Crippen LogP contribution in [0.4, 0.5) is 0 Å². The molecule has 0 aliphatic heterocycles. The van der Waals surface area contributed by atoms with Crippen LogP contribution < -0.4 is 5.43 Å². The first-order valence-corrected chi connectivity index (χ1v) is 4.58. The number of allylic oxidation sites excluding steroid dienone is 2. The maximum absolute atomic E-state index is 11.8. The van der Waals surface area contributed by atoms with Crippen LogP contribution in [-0.2, 0) is 0 Å². The molecule has 66 valence electrons. The molecule has 0 atom stereocenters. The minimum atomic E-state index is 0.177. The molecule has 1 aromatic rings. The Balaban J connectivity index is 2.65. The van der Waals surface area contributed by atoms with Gasteiger partial charge in [-0.1, -0.05) is 30.3 Å². The Labute approximate surface area is 77.7 Å². The summed E-state index contributed by atoms with van der Waals surface area (Å²) in [5, 5.41) is 0. The quantitative estimate of drug-likeness (QED) is 0.636. The lowest BCUT2D eigenvalue weighted by atomic mass is 9.92. The molecule has 1 heteroatoms. The van der Waals surface area contributed by atoms with Crippen LogP contribution in [0.1, 0.15) is 24.0 Å². The Kier molecular flexibility index (Phi) is 2.01. The van der Waals surface area contributed by atoms with Crippen molar-refractivity contribution in [1.82, 2.24) is 0 Å². The van der Waals surface area contributed by atoms with Crippen LogP contribution in [0, 0.1) is 6.92 Å². The minimum Gasteiger partial charge on any atom is -0.289 e. The van der Waals surface area contributed by atoms with Gasteiger partial charge in [-0.25, -0.2) is 0 Å². The summed E-state index contributed by atoms with van der Waals surface area (Å²) in [4.78, 5) is 11.8. The van der Waals surface area contributed by atoms with Gasteiger partial charge < -0.3 is 0 Å². The molecular formula is C12H12O. The average molecular weight is 172 g/mol. The summed E-state index contributed by atoms with van der Waals surface area (Å²) in [5.74, 6) is 0. The summed E-state index contributed by atoms with van der Waals surface area (Å²) in [6.45, 7) is 1.87. The molecule has 0 saturated carbocycles. The molecule has 1 aliphatic rings. The van der Waals surface area contributed by atoms with E-state index in [-0.39, 0.29) is 5.43 Å². The van der Waals surface area contributed by atoms with Gasteiger partial charge in [-0.15, -0.1) is 0 Å². The average Bonchev–Trinajstić information content (AvgIpc) is 2.17. The Hall–Kier alpha value is -1.37. The predicted molar refractivity (Wildman–Crippen MR) is 54.7 cm³/mol. The Morgan fingerprint density at radius 3 is 2.54 bits per heavy atom. The normalized spacial score (nSPS) is 14.7. The molecular weight excluding hydrogens is 160 g/mol. The fourth-order valence-corrected chi connectivity index (χ4v) is 1.50. The van der Waals surface area contributed by atoms with Crippen molar-refractivity contribution < 1.29 is 0 Å². The van der Waals surface area contributed by atoms with Gasteiger partial charge in [0.05, 0.1) is 0 Å². The minimum absolute atomic E-state index is 0.177. The van der Waals surface area contributed by atoms with Gasteiger partial charge >= 0.3 is 0 Å². The molecule has 0 radical (unpaired) electrons. The third-order valence-electron chi connectivity index (χ3n) is 2.47. The first-order valence-electron chi connectivity index (χ1n) is 4.58. The zero-order valence-electron chi connectivity index (χ0n) is 7.71. The zero-order chi connectivity index (χ0) is 9.26. The maximum Gasteiger partial charge on any atom is 0.188 e. The van der Waals surface area contributed by atoms with Crippen molar-refractivity contribution in [3.63, 3.8) is 0 Å². The van der Waals surface area contributed by atoms with Crippen LogP contribution in [-0.4, -0.2) is 0 Å². The molecule has 0 spiro atoms. The fraction of sp³-hybridized carbons (Fsp3) is 0.250. The predicted octanol–water partition coefficient (Wildman–Crippen LogP) is 2.53. The van der Waals surface area contributed by atoms with Crippen molar-refractivity contribution in [3.05, 3.63) is 51.7 Å². The van der Waals surface area contributed by atoms with Crippen molar-refractivity contribution >= 4 is 5.57 Å². The van der Waals surface area contributed by atoms with E-state index in [1.807, 2.05) is 31.2 Å². The third-order valence-corrected chi connectivity index (χ3v) is 2.47. The molecule has 0 bridgehead atoms. The molecule has 0 N–H and O–H groups in total. The highest BCUT2D eigenvalue weighted by molar-refractivity contribution is 5.69. The number of rotatable bonds is 1. The molecule has 0 fully saturated rings. The Morgan fingerprint density at radius 1 is 1.23 bits per heavy atom. The molecule has 0 aromatic heterocycles. The first kappa shape index (κ1) is 8.24. The van der Waals surface area contributed by atoms with Gasteiger partial charge in [0.15, 0.2) is 5.43 Å². The van der Waals surface area contributed by atoms with E-state index in [2.05, 4.69) is 6.08 Å². The molecule has 1 nitrogen and oxygen atoms in total. The standard InChI is InChI=1S/C12H12O/c1-9-5-2-3-8-11(12(9)13)10-6-4-7-10/h2-3,5-6,8H,4,7H2,1H3. The molecule has 0 heterocycles. The molecule has 1 aliphatic carbocycles. The van der Waals surface area contributed by atoms with Crippen LogP contribution in [0.25, 0.3) is 5.57 Å².